The predicted molar refractivity (Wildman–Crippen MR) is 76.1 cm³/mol. The van der Waals surface area contributed by atoms with Crippen molar-refractivity contribution in [2.24, 2.45) is 10.9 Å². The summed E-state index contributed by atoms with van der Waals surface area (Å²) in [4.78, 5) is 0. The highest BCUT2D eigenvalue weighted by atomic mass is 19.1. The minimum Gasteiger partial charge on any atom is -0.409 e. The van der Waals surface area contributed by atoms with Crippen molar-refractivity contribution in [2.45, 2.75) is 38.8 Å². The van der Waals surface area contributed by atoms with Gasteiger partial charge in [0.15, 0.2) is 5.84 Å². The quantitative estimate of drug-likeness (QED) is 0.264. The molecule has 6 heteroatoms. The third kappa shape index (κ3) is 4.47. The van der Waals surface area contributed by atoms with Crippen LogP contribution in [0.25, 0.3) is 0 Å². The Morgan fingerprint density at radius 3 is 2.80 bits per heavy atom. The molecule has 1 atom stereocenters. The maximum absolute atomic E-state index is 14.1. The summed E-state index contributed by atoms with van der Waals surface area (Å²) < 4.78 is 14.1. The van der Waals surface area contributed by atoms with Gasteiger partial charge in [0.05, 0.1) is 11.2 Å². The molecule has 0 saturated carbocycles. The number of nitrogens with two attached hydrogens (primary N) is 1. The number of hydrogen-bond donors (Lipinski definition) is 4. The third-order valence-electron chi connectivity index (χ3n) is 3.07. The molecule has 0 bridgehead atoms. The lowest BCUT2D eigenvalue weighted by Gasteiger charge is -2.23. The van der Waals surface area contributed by atoms with Crippen molar-refractivity contribution in [3.8, 4) is 0 Å². The summed E-state index contributed by atoms with van der Waals surface area (Å²) in [6, 6.07) is 4.70. The monoisotopic (exact) mass is 283 g/mol. The van der Waals surface area contributed by atoms with E-state index in [9.17, 15) is 9.50 Å². The molecule has 0 radical (unpaired) electrons. The van der Waals surface area contributed by atoms with Gasteiger partial charge in [-0.1, -0.05) is 30.6 Å². The Bertz CT molecular complexity index is 475. The van der Waals surface area contributed by atoms with Crippen LogP contribution in [0.5, 0.6) is 0 Å². The molecule has 1 aromatic carbocycles. The second-order valence-corrected chi connectivity index (χ2v) is 5.11. The van der Waals surface area contributed by atoms with Crippen LogP contribution in [-0.4, -0.2) is 28.3 Å². The van der Waals surface area contributed by atoms with Gasteiger partial charge in [-0.25, -0.2) is 4.39 Å². The van der Waals surface area contributed by atoms with Crippen LogP contribution in [-0.2, 0) is 6.54 Å². The van der Waals surface area contributed by atoms with E-state index in [1.807, 2.05) is 6.92 Å². The zero-order chi connectivity index (χ0) is 15.2. The van der Waals surface area contributed by atoms with Gasteiger partial charge in [-0.05, 0) is 19.4 Å². The van der Waals surface area contributed by atoms with Crippen LogP contribution in [0.1, 0.15) is 37.8 Å². The van der Waals surface area contributed by atoms with Crippen LogP contribution < -0.4 is 11.1 Å². The number of rotatable bonds is 7. The maximum Gasteiger partial charge on any atom is 0.173 e. The fraction of sp³-hybridized carbons (Fsp3) is 0.500. The average molecular weight is 283 g/mol. The van der Waals surface area contributed by atoms with Crippen LogP contribution in [0.2, 0.25) is 0 Å². The number of nitrogens with zero attached hydrogens (tertiary/aromatic N) is 1. The Kier molecular flexibility index (Phi) is 5.91. The summed E-state index contributed by atoms with van der Waals surface area (Å²) in [5.74, 6) is -0.784. The van der Waals surface area contributed by atoms with Gasteiger partial charge < -0.3 is 21.4 Å². The number of aliphatic hydroxyl groups is 1. The van der Waals surface area contributed by atoms with E-state index in [0.29, 0.717) is 18.5 Å². The zero-order valence-electron chi connectivity index (χ0n) is 11.9. The number of amidine groups is 1. The highest BCUT2D eigenvalue weighted by Crippen LogP contribution is 2.14. The zero-order valence-corrected chi connectivity index (χ0v) is 11.9. The van der Waals surface area contributed by atoms with E-state index in [1.54, 1.807) is 19.1 Å². The van der Waals surface area contributed by atoms with Crippen molar-refractivity contribution in [2.75, 3.05) is 6.54 Å². The van der Waals surface area contributed by atoms with Crippen LogP contribution in [0.15, 0.2) is 23.4 Å². The molecule has 0 fully saturated rings. The molecule has 1 aromatic rings. The molecule has 0 aromatic heterocycles. The van der Waals surface area contributed by atoms with Crippen molar-refractivity contribution in [3.05, 3.63) is 35.1 Å². The Labute approximate surface area is 118 Å². The van der Waals surface area contributed by atoms with Gasteiger partial charge in [-0.15, -0.1) is 0 Å². The van der Waals surface area contributed by atoms with Crippen LogP contribution in [0, 0.1) is 5.82 Å². The summed E-state index contributed by atoms with van der Waals surface area (Å²) >= 11 is 0. The van der Waals surface area contributed by atoms with E-state index in [1.165, 1.54) is 6.07 Å². The molecule has 1 unspecified atom stereocenters. The first-order valence-corrected chi connectivity index (χ1v) is 6.59. The van der Waals surface area contributed by atoms with Crippen molar-refractivity contribution in [1.29, 1.82) is 0 Å². The first-order chi connectivity index (χ1) is 9.41. The first kappa shape index (κ1) is 16.4. The molecular weight excluding hydrogens is 261 g/mol. The van der Waals surface area contributed by atoms with E-state index in [0.717, 1.165) is 6.42 Å². The maximum atomic E-state index is 14.1. The number of halogens is 1. The fourth-order valence-corrected chi connectivity index (χ4v) is 2.06. The minimum atomic E-state index is -0.811. The molecular formula is C14H22FN3O2. The molecule has 0 heterocycles. The Balaban J connectivity index is 2.70. The number of benzene rings is 1. The average Bonchev–Trinajstić information content (AvgIpc) is 2.39. The first-order valence-electron chi connectivity index (χ1n) is 6.59. The van der Waals surface area contributed by atoms with Gasteiger partial charge >= 0.3 is 0 Å². The van der Waals surface area contributed by atoms with E-state index in [2.05, 4.69) is 10.5 Å². The van der Waals surface area contributed by atoms with E-state index in [4.69, 9.17) is 10.9 Å². The molecule has 5 N–H and O–H groups in total. The molecule has 0 aliphatic rings. The summed E-state index contributed by atoms with van der Waals surface area (Å²) in [7, 11) is 0. The normalized spacial score (nSPS) is 15.1. The smallest absolute Gasteiger partial charge is 0.173 e. The summed E-state index contributed by atoms with van der Waals surface area (Å²) in [6.07, 6.45) is 1.55. The van der Waals surface area contributed by atoms with E-state index in [-0.39, 0.29) is 17.9 Å². The summed E-state index contributed by atoms with van der Waals surface area (Å²) in [5.41, 5.74) is 5.06. The molecule has 0 amide bonds. The molecule has 5 nitrogen and oxygen atoms in total. The van der Waals surface area contributed by atoms with Gasteiger partial charge in [0, 0.05) is 18.7 Å². The van der Waals surface area contributed by atoms with E-state index < -0.39 is 11.4 Å². The van der Waals surface area contributed by atoms with Gasteiger partial charge in [0.1, 0.15) is 5.82 Å². The Morgan fingerprint density at radius 1 is 1.50 bits per heavy atom. The molecule has 1 rings (SSSR count). The predicted octanol–water partition coefficient (Wildman–Crippen LogP) is 1.56. The van der Waals surface area contributed by atoms with Gasteiger partial charge in [0.25, 0.3) is 0 Å². The second-order valence-electron chi connectivity index (χ2n) is 5.11. The van der Waals surface area contributed by atoms with Crippen molar-refractivity contribution < 1.29 is 14.7 Å². The minimum absolute atomic E-state index is 0.0621. The lowest BCUT2D eigenvalue weighted by atomic mass is 10.0. The lowest BCUT2D eigenvalue weighted by Crippen LogP contribution is -2.37. The molecule has 0 aliphatic heterocycles. The largest absolute Gasteiger partial charge is 0.409 e. The number of oxime groups is 1. The Hall–Kier alpha value is -1.66. The van der Waals surface area contributed by atoms with E-state index >= 15 is 0 Å². The van der Waals surface area contributed by atoms with Crippen molar-refractivity contribution >= 4 is 5.84 Å². The van der Waals surface area contributed by atoms with Crippen molar-refractivity contribution in [3.63, 3.8) is 0 Å². The fourth-order valence-electron chi connectivity index (χ4n) is 2.06. The SMILES string of the molecule is CCCC(C)(O)CNCc1cccc(/C(N)=N/O)c1F. The van der Waals surface area contributed by atoms with Crippen LogP contribution in [0.4, 0.5) is 4.39 Å². The highest BCUT2D eigenvalue weighted by Gasteiger charge is 2.18. The lowest BCUT2D eigenvalue weighted by molar-refractivity contribution is 0.0497. The van der Waals surface area contributed by atoms with Gasteiger partial charge in [-0.3, -0.25) is 0 Å². The number of nitrogens with one attached hydrogen (secondary N) is 1. The molecule has 0 spiro atoms. The molecule has 112 valence electrons. The third-order valence-corrected chi connectivity index (χ3v) is 3.07. The molecule has 0 saturated heterocycles. The van der Waals surface area contributed by atoms with Crippen LogP contribution >= 0.6 is 0 Å². The Morgan fingerprint density at radius 2 is 2.20 bits per heavy atom. The van der Waals surface area contributed by atoms with Gasteiger partial charge in [-0.2, -0.15) is 0 Å². The molecule has 20 heavy (non-hydrogen) atoms. The van der Waals surface area contributed by atoms with Crippen LogP contribution in [0.3, 0.4) is 0 Å². The standard InChI is InChI=1S/C14H22FN3O2/c1-3-7-14(2,19)9-17-8-10-5-4-6-11(12(10)15)13(16)18-20/h4-6,17,19-20H,3,7-9H2,1-2H3,(H2,16,18). The van der Waals surface area contributed by atoms with Gasteiger partial charge in [0.2, 0.25) is 0 Å². The molecule has 0 aliphatic carbocycles. The summed E-state index contributed by atoms with van der Waals surface area (Å²) in [6.45, 7) is 4.37. The van der Waals surface area contributed by atoms with Crippen molar-refractivity contribution in [1.82, 2.24) is 5.32 Å². The topological polar surface area (TPSA) is 90.9 Å². The summed E-state index contributed by atoms with van der Waals surface area (Å²) in [5, 5.41) is 24.4. The number of hydrogen-bond acceptors (Lipinski definition) is 4. The second kappa shape index (κ2) is 7.21. The highest BCUT2D eigenvalue weighted by molar-refractivity contribution is 5.97.